The van der Waals surface area contributed by atoms with E-state index >= 15 is 0 Å². The first-order chi connectivity index (χ1) is 9.52. The van der Waals surface area contributed by atoms with Crippen molar-refractivity contribution in [3.8, 4) is 0 Å². The highest BCUT2D eigenvalue weighted by atomic mass is 16.6. The molecule has 0 bridgehead atoms. The molecule has 108 valence electrons. The van der Waals surface area contributed by atoms with Crippen LogP contribution in [0.1, 0.15) is 11.8 Å². The van der Waals surface area contributed by atoms with Gasteiger partial charge in [0, 0.05) is 0 Å². The minimum absolute atomic E-state index is 0.0376. The average Bonchev–Trinajstić information content (AvgIpc) is 2.93. The SMILES string of the molecule is Nc1nc(N)c2n[nH]c([C@H]3O[C@H](CO)[C@@H](O)[C@H]3O)c2n1. The summed E-state index contributed by atoms with van der Waals surface area (Å²) in [5, 5.41) is 35.4. The Bertz CT molecular complexity index is 646. The number of aliphatic hydroxyl groups is 3. The Morgan fingerprint density at radius 2 is 1.90 bits per heavy atom. The van der Waals surface area contributed by atoms with Gasteiger partial charge in [-0.15, -0.1) is 0 Å². The molecule has 2 aromatic rings. The zero-order valence-corrected chi connectivity index (χ0v) is 10.3. The molecule has 20 heavy (non-hydrogen) atoms. The van der Waals surface area contributed by atoms with Gasteiger partial charge in [-0.2, -0.15) is 10.1 Å². The molecule has 1 saturated heterocycles. The first kappa shape index (κ1) is 13.0. The number of anilines is 2. The molecule has 8 N–H and O–H groups in total. The first-order valence-corrected chi connectivity index (χ1v) is 5.92. The van der Waals surface area contributed by atoms with Gasteiger partial charge in [0.05, 0.1) is 12.3 Å². The van der Waals surface area contributed by atoms with Crippen LogP contribution in [-0.2, 0) is 4.74 Å². The summed E-state index contributed by atoms with van der Waals surface area (Å²) in [5.41, 5.74) is 12.1. The molecular weight excluding hydrogens is 268 g/mol. The van der Waals surface area contributed by atoms with Crippen molar-refractivity contribution < 1.29 is 20.1 Å². The molecule has 0 amide bonds. The number of nitrogens with one attached hydrogen (secondary N) is 1. The summed E-state index contributed by atoms with van der Waals surface area (Å²) in [4.78, 5) is 7.79. The number of hydrogen-bond donors (Lipinski definition) is 6. The number of fused-ring (bicyclic) bond motifs is 1. The Labute approximate surface area is 112 Å². The van der Waals surface area contributed by atoms with Crippen molar-refractivity contribution >= 4 is 22.8 Å². The fraction of sp³-hybridized carbons (Fsp3) is 0.500. The summed E-state index contributed by atoms with van der Waals surface area (Å²) >= 11 is 0. The largest absolute Gasteiger partial charge is 0.394 e. The van der Waals surface area contributed by atoms with Crippen molar-refractivity contribution in [3.63, 3.8) is 0 Å². The lowest BCUT2D eigenvalue weighted by molar-refractivity contribution is -0.0236. The van der Waals surface area contributed by atoms with Crippen LogP contribution in [0.2, 0.25) is 0 Å². The Hall–Kier alpha value is -2.01. The van der Waals surface area contributed by atoms with E-state index in [-0.39, 0.29) is 11.8 Å². The quantitative estimate of drug-likeness (QED) is 0.352. The van der Waals surface area contributed by atoms with Gasteiger partial charge < -0.3 is 31.5 Å². The standard InChI is InChI=1S/C10H14N6O4/c11-9-5-3(13-10(12)14-9)4(15-16-5)8-7(19)6(18)2(1-17)20-8/h2,6-8,17-19H,1H2,(H,15,16)(H4,11,12,13,14)/t2-,6-,7-,8-/m1/s1. The van der Waals surface area contributed by atoms with Crippen LogP contribution in [0.15, 0.2) is 0 Å². The third-order valence-electron chi connectivity index (χ3n) is 3.30. The molecule has 0 unspecified atom stereocenters. The molecule has 3 heterocycles. The van der Waals surface area contributed by atoms with Gasteiger partial charge in [0.25, 0.3) is 0 Å². The molecule has 2 aromatic heterocycles. The lowest BCUT2D eigenvalue weighted by Crippen LogP contribution is -2.32. The third-order valence-corrected chi connectivity index (χ3v) is 3.30. The van der Waals surface area contributed by atoms with Gasteiger partial charge >= 0.3 is 0 Å². The van der Waals surface area contributed by atoms with E-state index in [9.17, 15) is 10.2 Å². The Balaban J connectivity index is 2.07. The van der Waals surface area contributed by atoms with Gasteiger partial charge in [0.2, 0.25) is 5.95 Å². The number of nitrogens with two attached hydrogens (primary N) is 2. The van der Waals surface area contributed by atoms with Crippen LogP contribution in [-0.4, -0.2) is 60.4 Å². The van der Waals surface area contributed by atoms with Crippen LogP contribution in [0.4, 0.5) is 11.8 Å². The van der Waals surface area contributed by atoms with Crippen LogP contribution in [0.3, 0.4) is 0 Å². The van der Waals surface area contributed by atoms with E-state index in [1.165, 1.54) is 0 Å². The molecule has 10 nitrogen and oxygen atoms in total. The molecule has 1 aliphatic heterocycles. The molecule has 10 heteroatoms. The summed E-state index contributed by atoms with van der Waals surface area (Å²) in [6.07, 6.45) is -4.24. The molecule has 0 spiro atoms. The summed E-state index contributed by atoms with van der Waals surface area (Å²) < 4.78 is 5.40. The zero-order valence-electron chi connectivity index (χ0n) is 10.3. The van der Waals surface area contributed by atoms with E-state index in [0.717, 1.165) is 0 Å². The Morgan fingerprint density at radius 3 is 2.55 bits per heavy atom. The summed E-state index contributed by atoms with van der Waals surface area (Å²) in [6, 6.07) is 0. The van der Waals surface area contributed by atoms with Crippen LogP contribution in [0.25, 0.3) is 11.0 Å². The molecule has 1 aliphatic rings. The number of aromatic amines is 1. The lowest BCUT2D eigenvalue weighted by Gasteiger charge is -2.12. The van der Waals surface area contributed by atoms with Crippen LogP contribution >= 0.6 is 0 Å². The van der Waals surface area contributed by atoms with Crippen molar-refractivity contribution in [3.05, 3.63) is 5.69 Å². The van der Waals surface area contributed by atoms with E-state index in [0.29, 0.717) is 16.7 Å². The molecular formula is C10H14N6O4. The minimum Gasteiger partial charge on any atom is -0.394 e. The number of ether oxygens (including phenoxy) is 1. The predicted octanol–water partition coefficient (Wildman–Crippen LogP) is -2.33. The predicted molar refractivity (Wildman–Crippen MR) is 67.2 cm³/mol. The number of H-pyrrole nitrogens is 1. The number of aliphatic hydroxyl groups excluding tert-OH is 3. The number of nitrogen functional groups attached to an aromatic ring is 2. The molecule has 3 rings (SSSR count). The second kappa shape index (κ2) is 4.52. The molecule has 4 atom stereocenters. The highest BCUT2D eigenvalue weighted by Crippen LogP contribution is 2.35. The average molecular weight is 282 g/mol. The fourth-order valence-electron chi connectivity index (χ4n) is 2.29. The van der Waals surface area contributed by atoms with Gasteiger partial charge in [-0.05, 0) is 0 Å². The Kier molecular flexibility index (Phi) is 2.94. The third kappa shape index (κ3) is 1.78. The second-order valence-corrected chi connectivity index (χ2v) is 4.56. The van der Waals surface area contributed by atoms with Crippen molar-refractivity contribution in [2.24, 2.45) is 0 Å². The van der Waals surface area contributed by atoms with Crippen molar-refractivity contribution in [2.45, 2.75) is 24.4 Å². The second-order valence-electron chi connectivity index (χ2n) is 4.56. The Morgan fingerprint density at radius 1 is 1.15 bits per heavy atom. The van der Waals surface area contributed by atoms with Crippen LogP contribution in [0.5, 0.6) is 0 Å². The number of aromatic nitrogens is 4. The highest BCUT2D eigenvalue weighted by Gasteiger charge is 2.44. The van der Waals surface area contributed by atoms with E-state index in [2.05, 4.69) is 20.2 Å². The number of rotatable bonds is 2. The van der Waals surface area contributed by atoms with Gasteiger partial charge in [0.15, 0.2) is 11.3 Å². The van der Waals surface area contributed by atoms with Gasteiger partial charge in [0.1, 0.15) is 29.9 Å². The van der Waals surface area contributed by atoms with Gasteiger partial charge in [-0.3, -0.25) is 5.10 Å². The zero-order chi connectivity index (χ0) is 14.4. The van der Waals surface area contributed by atoms with E-state index < -0.39 is 31.0 Å². The van der Waals surface area contributed by atoms with E-state index in [1.54, 1.807) is 0 Å². The van der Waals surface area contributed by atoms with Crippen molar-refractivity contribution in [1.29, 1.82) is 0 Å². The molecule has 0 radical (unpaired) electrons. The molecule has 1 fully saturated rings. The van der Waals surface area contributed by atoms with Crippen molar-refractivity contribution in [1.82, 2.24) is 20.2 Å². The van der Waals surface area contributed by atoms with Gasteiger partial charge in [-0.25, -0.2) is 4.98 Å². The maximum atomic E-state index is 9.99. The monoisotopic (exact) mass is 282 g/mol. The summed E-state index contributed by atoms with van der Waals surface area (Å²) in [5.74, 6) is 0.0612. The van der Waals surface area contributed by atoms with Crippen LogP contribution < -0.4 is 11.5 Å². The maximum absolute atomic E-state index is 9.99. The first-order valence-electron chi connectivity index (χ1n) is 5.92. The number of hydrogen-bond acceptors (Lipinski definition) is 9. The van der Waals surface area contributed by atoms with E-state index in [4.69, 9.17) is 21.3 Å². The highest BCUT2D eigenvalue weighted by molar-refractivity contribution is 5.87. The summed E-state index contributed by atoms with van der Waals surface area (Å²) in [6.45, 7) is -0.417. The van der Waals surface area contributed by atoms with E-state index in [1.807, 2.05) is 0 Å². The lowest BCUT2D eigenvalue weighted by atomic mass is 10.1. The summed E-state index contributed by atoms with van der Waals surface area (Å²) in [7, 11) is 0. The molecule has 0 aromatic carbocycles. The van der Waals surface area contributed by atoms with Gasteiger partial charge in [-0.1, -0.05) is 0 Å². The maximum Gasteiger partial charge on any atom is 0.222 e. The topological polar surface area (TPSA) is 176 Å². The minimum atomic E-state index is -1.23. The fourth-order valence-corrected chi connectivity index (χ4v) is 2.29. The van der Waals surface area contributed by atoms with Crippen LogP contribution in [0, 0.1) is 0 Å². The normalized spacial score (nSPS) is 30.1. The molecule has 0 aliphatic carbocycles. The number of nitrogens with zero attached hydrogens (tertiary/aromatic N) is 3. The smallest absolute Gasteiger partial charge is 0.222 e. The molecule has 0 saturated carbocycles. The van der Waals surface area contributed by atoms with Crippen molar-refractivity contribution in [2.75, 3.05) is 18.1 Å².